The van der Waals surface area contributed by atoms with Crippen LogP contribution in [0.1, 0.15) is 26.3 Å². The van der Waals surface area contributed by atoms with E-state index < -0.39 is 0 Å². The molecule has 3 aromatic heterocycles. The van der Waals surface area contributed by atoms with Crippen molar-refractivity contribution in [3.8, 4) is 17.3 Å². The zero-order valence-electron chi connectivity index (χ0n) is 17.9. The van der Waals surface area contributed by atoms with Gasteiger partial charge in [-0.2, -0.15) is 0 Å². The molecule has 0 bridgehead atoms. The standard InChI is InChI=1S/C26H21BrClN3O/c1-26(2,3)16-12-24(28)30-25(13-16)31-21-7-5-4-6-19(21)20-9-8-17(14-22(20)31)32-18-10-11-29-23(27)15-18/h4-15H,1-3H3. The Morgan fingerprint density at radius 3 is 2.41 bits per heavy atom. The molecule has 0 radical (unpaired) electrons. The average Bonchev–Trinajstić information content (AvgIpc) is 3.06. The number of hydrogen-bond acceptors (Lipinski definition) is 3. The first kappa shape index (κ1) is 21.0. The molecule has 6 heteroatoms. The Kier molecular flexibility index (Phi) is 5.19. The number of ether oxygens (including phenoxy) is 1. The Balaban J connectivity index is 1.75. The molecule has 0 aliphatic carbocycles. The highest BCUT2D eigenvalue weighted by Gasteiger charge is 2.19. The first-order valence-corrected chi connectivity index (χ1v) is 11.5. The predicted octanol–water partition coefficient (Wildman–Crippen LogP) is 8.08. The lowest BCUT2D eigenvalue weighted by Crippen LogP contribution is -2.12. The summed E-state index contributed by atoms with van der Waals surface area (Å²) in [6, 6.07) is 22.2. The summed E-state index contributed by atoms with van der Waals surface area (Å²) in [5.41, 5.74) is 3.16. The van der Waals surface area contributed by atoms with Crippen molar-refractivity contribution in [2.24, 2.45) is 0 Å². The topological polar surface area (TPSA) is 39.9 Å². The Morgan fingerprint density at radius 1 is 0.875 bits per heavy atom. The van der Waals surface area contributed by atoms with Gasteiger partial charge in [0.25, 0.3) is 0 Å². The molecule has 0 aliphatic rings. The Bertz CT molecular complexity index is 1470. The SMILES string of the molecule is CC(C)(C)c1cc(Cl)nc(-n2c3ccccc3c3ccc(Oc4ccnc(Br)c4)cc32)c1. The van der Waals surface area contributed by atoms with Crippen LogP contribution in [0.15, 0.2) is 77.5 Å². The van der Waals surface area contributed by atoms with E-state index in [2.05, 4.69) is 81.6 Å². The summed E-state index contributed by atoms with van der Waals surface area (Å²) in [5.74, 6) is 2.24. The van der Waals surface area contributed by atoms with E-state index in [1.807, 2.05) is 36.4 Å². The minimum Gasteiger partial charge on any atom is -0.457 e. The molecule has 3 heterocycles. The largest absolute Gasteiger partial charge is 0.457 e. The number of halogens is 2. The van der Waals surface area contributed by atoms with Crippen LogP contribution in [-0.2, 0) is 5.41 Å². The van der Waals surface area contributed by atoms with Crippen LogP contribution in [0, 0.1) is 0 Å². The van der Waals surface area contributed by atoms with Crippen LogP contribution in [0.4, 0.5) is 0 Å². The third-order valence-corrected chi connectivity index (χ3v) is 6.08. The summed E-state index contributed by atoms with van der Waals surface area (Å²) in [6.45, 7) is 6.52. The zero-order valence-corrected chi connectivity index (χ0v) is 20.3. The van der Waals surface area contributed by atoms with Crippen molar-refractivity contribution < 1.29 is 4.74 Å². The van der Waals surface area contributed by atoms with Gasteiger partial charge < -0.3 is 4.74 Å². The minimum absolute atomic E-state index is 0.0525. The van der Waals surface area contributed by atoms with Gasteiger partial charge in [0, 0.05) is 29.1 Å². The minimum atomic E-state index is -0.0525. The molecule has 2 aromatic carbocycles. The van der Waals surface area contributed by atoms with Crippen molar-refractivity contribution >= 4 is 49.3 Å². The molecule has 0 amide bonds. The van der Waals surface area contributed by atoms with E-state index >= 15 is 0 Å². The van der Waals surface area contributed by atoms with E-state index in [9.17, 15) is 0 Å². The maximum atomic E-state index is 6.47. The maximum Gasteiger partial charge on any atom is 0.139 e. The van der Waals surface area contributed by atoms with Crippen LogP contribution in [-0.4, -0.2) is 14.5 Å². The highest BCUT2D eigenvalue weighted by molar-refractivity contribution is 9.10. The van der Waals surface area contributed by atoms with E-state index in [0.29, 0.717) is 10.9 Å². The summed E-state index contributed by atoms with van der Waals surface area (Å²) >= 11 is 9.86. The van der Waals surface area contributed by atoms with Gasteiger partial charge in [0.2, 0.25) is 0 Å². The molecule has 5 rings (SSSR count). The molecule has 4 nitrogen and oxygen atoms in total. The van der Waals surface area contributed by atoms with Gasteiger partial charge in [-0.05, 0) is 63.3 Å². The molecule has 0 aliphatic heterocycles. The fourth-order valence-electron chi connectivity index (χ4n) is 3.88. The number of rotatable bonds is 3. The molecule has 0 fully saturated rings. The van der Waals surface area contributed by atoms with Gasteiger partial charge in [0.1, 0.15) is 27.1 Å². The second-order valence-corrected chi connectivity index (χ2v) is 9.93. The molecular formula is C26H21BrClN3O. The first-order chi connectivity index (χ1) is 15.3. The van der Waals surface area contributed by atoms with E-state index in [4.69, 9.17) is 16.3 Å². The van der Waals surface area contributed by atoms with E-state index in [-0.39, 0.29) is 5.41 Å². The van der Waals surface area contributed by atoms with Gasteiger partial charge >= 0.3 is 0 Å². The van der Waals surface area contributed by atoms with Gasteiger partial charge in [-0.3, -0.25) is 4.57 Å². The molecule has 5 aromatic rings. The summed E-state index contributed by atoms with van der Waals surface area (Å²) in [7, 11) is 0. The first-order valence-electron chi connectivity index (χ1n) is 10.3. The summed E-state index contributed by atoms with van der Waals surface area (Å²) in [6.07, 6.45) is 1.71. The Morgan fingerprint density at radius 2 is 1.62 bits per heavy atom. The molecule has 32 heavy (non-hydrogen) atoms. The van der Waals surface area contributed by atoms with Crippen molar-refractivity contribution in [3.63, 3.8) is 0 Å². The predicted molar refractivity (Wildman–Crippen MR) is 134 cm³/mol. The van der Waals surface area contributed by atoms with Gasteiger partial charge in [-0.15, -0.1) is 0 Å². The molecule has 0 saturated heterocycles. The molecule has 0 N–H and O–H groups in total. The second kappa shape index (κ2) is 7.91. The smallest absolute Gasteiger partial charge is 0.139 e. The summed E-state index contributed by atoms with van der Waals surface area (Å²) < 4.78 is 9.00. The fourth-order valence-corrected chi connectivity index (χ4v) is 4.42. The van der Waals surface area contributed by atoms with Crippen LogP contribution in [0.5, 0.6) is 11.5 Å². The fraction of sp³-hybridized carbons (Fsp3) is 0.154. The lowest BCUT2D eigenvalue weighted by Gasteiger charge is -2.20. The molecule has 0 atom stereocenters. The third-order valence-electron chi connectivity index (χ3n) is 5.45. The van der Waals surface area contributed by atoms with E-state index in [0.717, 1.165) is 43.5 Å². The van der Waals surface area contributed by atoms with Gasteiger partial charge in [0.05, 0.1) is 11.0 Å². The number of pyridine rings is 2. The van der Waals surface area contributed by atoms with Crippen molar-refractivity contribution in [2.75, 3.05) is 0 Å². The van der Waals surface area contributed by atoms with Crippen molar-refractivity contribution in [3.05, 3.63) is 88.2 Å². The van der Waals surface area contributed by atoms with Crippen LogP contribution < -0.4 is 4.74 Å². The van der Waals surface area contributed by atoms with E-state index in [1.165, 1.54) is 0 Å². The quantitative estimate of drug-likeness (QED) is 0.232. The number of hydrogen-bond donors (Lipinski definition) is 0. The van der Waals surface area contributed by atoms with Crippen molar-refractivity contribution in [1.29, 1.82) is 0 Å². The Hall–Kier alpha value is -2.89. The zero-order chi connectivity index (χ0) is 22.5. The normalized spacial score (nSPS) is 11.9. The molecule has 0 spiro atoms. The monoisotopic (exact) mass is 505 g/mol. The Labute approximate surface area is 200 Å². The van der Waals surface area contributed by atoms with E-state index in [1.54, 1.807) is 6.20 Å². The lowest BCUT2D eigenvalue weighted by molar-refractivity contribution is 0.482. The molecule has 0 saturated carbocycles. The average molecular weight is 507 g/mol. The lowest BCUT2D eigenvalue weighted by atomic mass is 9.88. The van der Waals surface area contributed by atoms with Crippen LogP contribution in [0.2, 0.25) is 5.15 Å². The number of nitrogens with zero attached hydrogens (tertiary/aromatic N) is 3. The molecule has 0 unspecified atom stereocenters. The van der Waals surface area contributed by atoms with Gasteiger partial charge in [-0.25, -0.2) is 9.97 Å². The molecule has 160 valence electrons. The van der Waals surface area contributed by atoms with Gasteiger partial charge in [-0.1, -0.05) is 50.6 Å². The third kappa shape index (κ3) is 3.87. The van der Waals surface area contributed by atoms with Crippen molar-refractivity contribution in [2.45, 2.75) is 26.2 Å². The van der Waals surface area contributed by atoms with Crippen molar-refractivity contribution in [1.82, 2.24) is 14.5 Å². The summed E-state index contributed by atoms with van der Waals surface area (Å²) in [5, 5.41) is 2.76. The van der Waals surface area contributed by atoms with Crippen LogP contribution in [0.3, 0.4) is 0 Å². The van der Waals surface area contributed by atoms with Crippen LogP contribution >= 0.6 is 27.5 Å². The number of para-hydroxylation sites is 1. The number of benzene rings is 2. The highest BCUT2D eigenvalue weighted by atomic mass is 79.9. The summed E-state index contributed by atoms with van der Waals surface area (Å²) in [4.78, 5) is 8.85. The second-order valence-electron chi connectivity index (χ2n) is 8.73. The van der Waals surface area contributed by atoms with Gasteiger partial charge in [0.15, 0.2) is 0 Å². The van der Waals surface area contributed by atoms with Crippen LogP contribution in [0.25, 0.3) is 27.6 Å². The maximum absolute atomic E-state index is 6.47. The highest BCUT2D eigenvalue weighted by Crippen LogP contribution is 2.36. The molecular weight excluding hydrogens is 486 g/mol. The number of aromatic nitrogens is 3. The number of fused-ring (bicyclic) bond motifs is 3.